The first-order valence-electron chi connectivity index (χ1n) is 18.3. The summed E-state index contributed by atoms with van der Waals surface area (Å²) in [5, 5.41) is 27.1. The lowest BCUT2D eigenvalue weighted by molar-refractivity contribution is 1.16. The fourth-order valence-corrected chi connectivity index (χ4v) is 8.73. The second-order valence-corrected chi connectivity index (χ2v) is 14.0. The second-order valence-electron chi connectivity index (χ2n) is 14.0. The van der Waals surface area contributed by atoms with Gasteiger partial charge in [-0.15, -0.1) is 0 Å². The summed E-state index contributed by atoms with van der Waals surface area (Å²) < 4.78 is 6.88. The lowest BCUT2D eigenvalue weighted by Gasteiger charge is -2.13. The highest BCUT2D eigenvalue weighted by Crippen LogP contribution is 2.39. The summed E-state index contributed by atoms with van der Waals surface area (Å²) in [4.78, 5) is 0. The molecule has 0 aliphatic rings. The molecule has 0 aliphatic carbocycles. The molecule has 0 saturated carbocycles. The van der Waals surface area contributed by atoms with Crippen LogP contribution in [0.4, 0.5) is 0 Å². The topological polar surface area (TPSA) is 62.4 Å². The number of hydrogen-bond acceptors (Lipinski definition) is 2. The van der Waals surface area contributed by atoms with Crippen LogP contribution in [0.1, 0.15) is 11.1 Å². The molecule has 11 aromatic rings. The summed E-state index contributed by atoms with van der Waals surface area (Å²) in [5.41, 5.74) is 12.7. The smallest absolute Gasteiger partial charge is 0.0998 e. The predicted octanol–water partition coefficient (Wildman–Crippen LogP) is 12.4. The Labute approximate surface area is 316 Å². The van der Waals surface area contributed by atoms with Crippen molar-refractivity contribution in [2.45, 2.75) is 0 Å². The quantitative estimate of drug-likeness (QED) is 0.184. The normalized spacial score (nSPS) is 11.6. The Hall–Kier alpha value is -7.86. The van der Waals surface area contributed by atoms with E-state index in [2.05, 4.69) is 165 Å². The van der Waals surface area contributed by atoms with Gasteiger partial charge in [0, 0.05) is 49.4 Å². The fourth-order valence-electron chi connectivity index (χ4n) is 8.73. The number of nitrogens with zero attached hydrogens (tertiary/aromatic N) is 5. The van der Waals surface area contributed by atoms with Crippen molar-refractivity contribution in [3.8, 4) is 40.3 Å². The zero-order valence-electron chi connectivity index (χ0n) is 29.5. The molecule has 0 radical (unpaired) electrons. The summed E-state index contributed by atoms with van der Waals surface area (Å²) in [6.07, 6.45) is 0. The average molecular weight is 700 g/mol. The molecular weight excluding hydrogens is 671 g/mol. The van der Waals surface area contributed by atoms with Crippen LogP contribution in [0.5, 0.6) is 0 Å². The van der Waals surface area contributed by atoms with Crippen LogP contribution in [0.3, 0.4) is 0 Å². The molecule has 8 aromatic carbocycles. The van der Waals surface area contributed by atoms with E-state index in [1.54, 1.807) is 0 Å². The molecule has 0 atom stereocenters. The van der Waals surface area contributed by atoms with E-state index in [1.807, 2.05) is 36.4 Å². The number of rotatable bonds is 4. The molecule has 0 aliphatic heterocycles. The first-order valence-corrected chi connectivity index (χ1v) is 18.3. The molecule has 0 N–H and O–H groups in total. The van der Waals surface area contributed by atoms with Gasteiger partial charge in [0.15, 0.2) is 0 Å². The highest BCUT2D eigenvalue weighted by molar-refractivity contribution is 6.13. The molecular formula is C50H29N5. The number of nitriles is 2. The zero-order valence-corrected chi connectivity index (χ0v) is 29.5. The average Bonchev–Trinajstić information content (AvgIpc) is 3.88. The first-order chi connectivity index (χ1) is 27.2. The van der Waals surface area contributed by atoms with Crippen molar-refractivity contribution >= 4 is 65.4 Å². The van der Waals surface area contributed by atoms with Gasteiger partial charge in [0.2, 0.25) is 0 Å². The molecule has 0 fully saturated rings. The minimum atomic E-state index is 0.590. The van der Waals surface area contributed by atoms with Crippen LogP contribution in [-0.4, -0.2) is 13.7 Å². The van der Waals surface area contributed by atoms with E-state index in [0.29, 0.717) is 11.1 Å². The Bertz CT molecular complexity index is 3420. The van der Waals surface area contributed by atoms with Gasteiger partial charge in [-0.1, -0.05) is 91.0 Å². The molecule has 0 spiro atoms. The monoisotopic (exact) mass is 699 g/mol. The molecule has 254 valence electrons. The number of fused-ring (bicyclic) bond motifs is 9. The van der Waals surface area contributed by atoms with Gasteiger partial charge in [-0.3, -0.25) is 0 Å². The molecule has 0 saturated heterocycles. The van der Waals surface area contributed by atoms with Crippen LogP contribution in [0.25, 0.3) is 93.6 Å². The van der Waals surface area contributed by atoms with Crippen LogP contribution in [0, 0.1) is 22.7 Å². The Balaban J connectivity index is 1.06. The third-order valence-electron chi connectivity index (χ3n) is 11.1. The molecule has 3 heterocycles. The Morgan fingerprint density at radius 3 is 1.35 bits per heavy atom. The fraction of sp³-hybridized carbons (Fsp3) is 0. The van der Waals surface area contributed by atoms with Gasteiger partial charge in [0.1, 0.15) is 0 Å². The van der Waals surface area contributed by atoms with Gasteiger partial charge in [0.25, 0.3) is 0 Å². The predicted molar refractivity (Wildman–Crippen MR) is 224 cm³/mol. The van der Waals surface area contributed by atoms with Crippen molar-refractivity contribution in [1.82, 2.24) is 13.7 Å². The maximum atomic E-state index is 10.6. The maximum Gasteiger partial charge on any atom is 0.0998 e. The molecule has 11 rings (SSSR count). The van der Waals surface area contributed by atoms with Gasteiger partial charge in [-0.2, -0.15) is 10.5 Å². The SMILES string of the molecule is N#Cc1ccc2c(c1)c1ccccc1n2-c1ccc(-c2cccc(-n3c4ccccc4c4cc(-n5c6ccccc6c6ccccc65)ccc43)c2)c(C#N)c1. The molecule has 5 heteroatoms. The van der Waals surface area contributed by atoms with Crippen molar-refractivity contribution in [2.75, 3.05) is 0 Å². The second kappa shape index (κ2) is 11.8. The Morgan fingerprint density at radius 1 is 0.327 bits per heavy atom. The summed E-state index contributed by atoms with van der Waals surface area (Å²) in [7, 11) is 0. The third kappa shape index (κ3) is 4.51. The minimum Gasteiger partial charge on any atom is -0.309 e. The van der Waals surface area contributed by atoms with E-state index >= 15 is 0 Å². The molecule has 3 aromatic heterocycles. The van der Waals surface area contributed by atoms with E-state index < -0.39 is 0 Å². The molecule has 0 amide bonds. The molecule has 55 heavy (non-hydrogen) atoms. The summed E-state index contributed by atoms with van der Waals surface area (Å²) in [6, 6.07) is 66.0. The third-order valence-corrected chi connectivity index (χ3v) is 11.1. The Morgan fingerprint density at radius 2 is 0.782 bits per heavy atom. The van der Waals surface area contributed by atoms with Gasteiger partial charge in [0.05, 0.1) is 56.4 Å². The van der Waals surface area contributed by atoms with E-state index in [4.69, 9.17) is 0 Å². The van der Waals surface area contributed by atoms with Crippen molar-refractivity contribution in [2.24, 2.45) is 0 Å². The van der Waals surface area contributed by atoms with E-state index in [9.17, 15) is 10.5 Å². The lowest BCUT2D eigenvalue weighted by Crippen LogP contribution is -1.97. The zero-order chi connectivity index (χ0) is 36.6. The van der Waals surface area contributed by atoms with E-state index in [1.165, 1.54) is 32.6 Å². The van der Waals surface area contributed by atoms with Gasteiger partial charge >= 0.3 is 0 Å². The number of para-hydroxylation sites is 4. The standard InChI is InChI=1S/C50H29N5/c51-30-32-20-24-49-43(26-32)41-14-3-7-18-47(41)54(49)36-21-23-38(34(28-36)31-52)33-10-9-11-35(27-33)53-48-19-8-4-15-42(48)44-29-37(22-25-50(44)53)55-45-16-5-1-12-39(45)40-13-2-6-17-46(40)55/h1-29H. The number of aromatic nitrogens is 3. The van der Waals surface area contributed by atoms with Crippen molar-refractivity contribution < 1.29 is 0 Å². The van der Waals surface area contributed by atoms with Gasteiger partial charge in [-0.05, 0) is 96.1 Å². The van der Waals surface area contributed by atoms with Crippen LogP contribution >= 0.6 is 0 Å². The molecule has 0 unspecified atom stereocenters. The highest BCUT2D eigenvalue weighted by Gasteiger charge is 2.18. The highest BCUT2D eigenvalue weighted by atomic mass is 15.0. The summed E-state index contributed by atoms with van der Waals surface area (Å²) in [6.45, 7) is 0. The summed E-state index contributed by atoms with van der Waals surface area (Å²) in [5.74, 6) is 0. The number of hydrogen-bond donors (Lipinski definition) is 0. The van der Waals surface area contributed by atoms with E-state index in [0.717, 1.165) is 61.0 Å². The van der Waals surface area contributed by atoms with Crippen LogP contribution in [-0.2, 0) is 0 Å². The maximum absolute atomic E-state index is 10.6. The lowest BCUT2D eigenvalue weighted by atomic mass is 9.99. The number of benzene rings is 8. The summed E-state index contributed by atoms with van der Waals surface area (Å²) >= 11 is 0. The van der Waals surface area contributed by atoms with E-state index in [-0.39, 0.29) is 0 Å². The largest absolute Gasteiger partial charge is 0.309 e. The molecule has 0 bridgehead atoms. The van der Waals surface area contributed by atoms with Gasteiger partial charge in [-0.25, -0.2) is 0 Å². The van der Waals surface area contributed by atoms with Crippen LogP contribution in [0.2, 0.25) is 0 Å². The minimum absolute atomic E-state index is 0.590. The Kier molecular flexibility index (Phi) is 6.61. The molecule has 5 nitrogen and oxygen atoms in total. The van der Waals surface area contributed by atoms with Crippen molar-refractivity contribution in [1.29, 1.82) is 10.5 Å². The first kappa shape index (κ1) is 30.7. The van der Waals surface area contributed by atoms with Crippen LogP contribution in [0.15, 0.2) is 176 Å². The van der Waals surface area contributed by atoms with Crippen molar-refractivity contribution in [3.63, 3.8) is 0 Å². The van der Waals surface area contributed by atoms with Gasteiger partial charge < -0.3 is 13.7 Å². The van der Waals surface area contributed by atoms with Crippen molar-refractivity contribution in [3.05, 3.63) is 187 Å². The van der Waals surface area contributed by atoms with Crippen LogP contribution < -0.4 is 0 Å².